The molecule has 2 aromatic heterocycles. The smallest absolute Gasteiger partial charge is 0.272 e. The van der Waals surface area contributed by atoms with Gasteiger partial charge < -0.3 is 9.64 Å². The topological polar surface area (TPSA) is 73.1 Å². The van der Waals surface area contributed by atoms with Gasteiger partial charge in [0.1, 0.15) is 5.69 Å². The summed E-state index contributed by atoms with van der Waals surface area (Å²) in [5.74, 6) is 1.19. The van der Waals surface area contributed by atoms with E-state index in [-0.39, 0.29) is 11.8 Å². The fourth-order valence-corrected chi connectivity index (χ4v) is 4.88. The lowest BCUT2D eigenvalue weighted by Gasteiger charge is -2.33. The maximum atomic E-state index is 12.9. The summed E-state index contributed by atoms with van der Waals surface area (Å²) in [5.41, 5.74) is 2.81. The van der Waals surface area contributed by atoms with Crippen LogP contribution in [0.1, 0.15) is 53.3 Å². The highest BCUT2D eigenvalue weighted by Gasteiger charge is 2.29. The molecule has 2 fully saturated rings. The molecule has 4 heterocycles. The summed E-state index contributed by atoms with van der Waals surface area (Å²) in [4.78, 5) is 24.2. The van der Waals surface area contributed by atoms with Crippen molar-refractivity contribution in [2.75, 3.05) is 25.4 Å². The number of thioether (sulfide) groups is 1. The molecule has 2 aliphatic rings. The lowest BCUT2D eigenvalue weighted by molar-refractivity contribution is 0.0694. The van der Waals surface area contributed by atoms with Gasteiger partial charge in [0.25, 0.3) is 5.91 Å². The minimum absolute atomic E-state index is 0.0457. The number of hydrogen-bond donors (Lipinski definition) is 0. The molecule has 0 aromatic carbocycles. The maximum absolute atomic E-state index is 12.9. The normalized spacial score (nSPS) is 22.6. The number of nitrogens with zero attached hydrogens (tertiary/aromatic N) is 5. The van der Waals surface area contributed by atoms with Crippen LogP contribution in [0.3, 0.4) is 0 Å². The van der Waals surface area contributed by atoms with E-state index < -0.39 is 0 Å². The second-order valence-electron chi connectivity index (χ2n) is 7.60. The van der Waals surface area contributed by atoms with Gasteiger partial charge in [0.2, 0.25) is 0 Å². The Hall–Kier alpha value is -1.93. The van der Waals surface area contributed by atoms with E-state index in [2.05, 4.69) is 17.0 Å². The van der Waals surface area contributed by atoms with Gasteiger partial charge in [-0.1, -0.05) is 11.8 Å². The molecule has 150 valence electrons. The van der Waals surface area contributed by atoms with Gasteiger partial charge in [0.15, 0.2) is 5.16 Å². The molecule has 0 unspecified atom stereocenters. The van der Waals surface area contributed by atoms with E-state index in [1.54, 1.807) is 35.8 Å². The molecule has 7 nitrogen and oxygen atoms in total. The number of amides is 1. The van der Waals surface area contributed by atoms with Gasteiger partial charge in [-0.2, -0.15) is 5.10 Å². The summed E-state index contributed by atoms with van der Waals surface area (Å²) in [6, 6.07) is 1.78. The predicted octanol–water partition coefficient (Wildman–Crippen LogP) is 2.81. The van der Waals surface area contributed by atoms with Gasteiger partial charge >= 0.3 is 0 Å². The van der Waals surface area contributed by atoms with Crippen LogP contribution in [0.4, 0.5) is 0 Å². The summed E-state index contributed by atoms with van der Waals surface area (Å²) in [6.07, 6.45) is 8.20. The number of ether oxygens (including phenoxy) is 1. The largest absolute Gasteiger partial charge is 0.377 e. The second-order valence-corrected chi connectivity index (χ2v) is 8.58. The van der Waals surface area contributed by atoms with Gasteiger partial charge in [-0.3, -0.25) is 9.48 Å². The molecular weight excluding hydrogens is 374 g/mol. The van der Waals surface area contributed by atoms with Crippen molar-refractivity contribution in [3.63, 3.8) is 0 Å². The highest BCUT2D eigenvalue weighted by Crippen LogP contribution is 2.30. The Kier molecular flexibility index (Phi) is 5.96. The molecule has 0 aliphatic carbocycles. The minimum Gasteiger partial charge on any atom is -0.377 e. The maximum Gasteiger partial charge on any atom is 0.272 e. The number of aryl methyl sites for hydroxylation is 2. The summed E-state index contributed by atoms with van der Waals surface area (Å²) < 4.78 is 7.34. The third-order valence-electron chi connectivity index (χ3n) is 5.55. The monoisotopic (exact) mass is 401 g/mol. The Morgan fingerprint density at radius 1 is 1.36 bits per heavy atom. The second kappa shape index (κ2) is 8.61. The van der Waals surface area contributed by atoms with E-state index in [9.17, 15) is 4.79 Å². The number of piperidine rings is 1. The van der Waals surface area contributed by atoms with Crippen molar-refractivity contribution in [2.45, 2.75) is 49.8 Å². The number of likely N-dealkylation sites (tertiary alicyclic amines) is 1. The minimum atomic E-state index is 0.0457. The van der Waals surface area contributed by atoms with Crippen LogP contribution in [-0.2, 0) is 11.8 Å². The Balaban J connectivity index is 1.45. The lowest BCUT2D eigenvalue weighted by Crippen LogP contribution is -2.40. The van der Waals surface area contributed by atoms with Crippen LogP contribution in [0.2, 0.25) is 0 Å². The zero-order valence-corrected chi connectivity index (χ0v) is 17.3. The zero-order chi connectivity index (χ0) is 19.5. The first-order chi connectivity index (χ1) is 13.6. The van der Waals surface area contributed by atoms with Gasteiger partial charge in [0, 0.05) is 50.8 Å². The quantitative estimate of drug-likeness (QED) is 0.567. The summed E-state index contributed by atoms with van der Waals surface area (Å²) in [5, 5.41) is 4.94. The van der Waals surface area contributed by atoms with Crippen molar-refractivity contribution in [3.8, 4) is 0 Å². The molecule has 2 aliphatic heterocycles. The van der Waals surface area contributed by atoms with E-state index in [0.29, 0.717) is 18.3 Å². The number of aromatic nitrogens is 4. The Morgan fingerprint density at radius 3 is 3.00 bits per heavy atom. The molecule has 2 aromatic rings. The van der Waals surface area contributed by atoms with Gasteiger partial charge in [-0.25, -0.2) is 9.97 Å². The molecule has 0 saturated carbocycles. The van der Waals surface area contributed by atoms with Crippen LogP contribution < -0.4 is 0 Å². The van der Waals surface area contributed by atoms with E-state index in [4.69, 9.17) is 9.72 Å². The van der Waals surface area contributed by atoms with Crippen molar-refractivity contribution in [1.29, 1.82) is 0 Å². The molecule has 2 atom stereocenters. The first-order valence-electron chi connectivity index (χ1n) is 9.97. The van der Waals surface area contributed by atoms with Crippen molar-refractivity contribution >= 4 is 17.7 Å². The van der Waals surface area contributed by atoms with Crippen molar-refractivity contribution < 1.29 is 9.53 Å². The molecule has 1 amide bonds. The zero-order valence-electron chi connectivity index (χ0n) is 16.5. The van der Waals surface area contributed by atoms with Crippen molar-refractivity contribution in [2.24, 2.45) is 7.05 Å². The van der Waals surface area contributed by atoms with Crippen molar-refractivity contribution in [1.82, 2.24) is 24.6 Å². The van der Waals surface area contributed by atoms with E-state index in [0.717, 1.165) is 61.0 Å². The Morgan fingerprint density at radius 2 is 2.25 bits per heavy atom. The molecule has 28 heavy (non-hydrogen) atoms. The standard InChI is InChI=1S/C20H27N5O2S/c1-14-11-21-20(28-13-16-6-4-10-27-16)23-18(14)15-5-3-9-25(12-15)19(26)17-7-8-22-24(17)2/h7-8,11,15-16H,3-6,9-10,12-13H2,1-2H3/t15-,16-/m0/s1. The molecular formula is C20H27N5O2S. The van der Waals surface area contributed by atoms with Crippen LogP contribution in [-0.4, -0.2) is 62.1 Å². The number of hydrogen-bond acceptors (Lipinski definition) is 6. The lowest BCUT2D eigenvalue weighted by atomic mass is 9.92. The molecule has 2 saturated heterocycles. The molecule has 0 radical (unpaired) electrons. The number of carbonyl (C=O) groups excluding carboxylic acids is 1. The molecule has 0 spiro atoms. The van der Waals surface area contributed by atoms with Gasteiger partial charge in [0.05, 0.1) is 11.8 Å². The Bertz CT molecular complexity index is 834. The summed E-state index contributed by atoms with van der Waals surface area (Å²) in [6.45, 7) is 4.41. The SMILES string of the molecule is Cc1cnc(SC[C@@H]2CCCO2)nc1[C@H]1CCCN(C(=O)c2ccnn2C)C1. The average molecular weight is 402 g/mol. The van der Waals surface area contributed by atoms with Gasteiger partial charge in [-0.05, 0) is 44.2 Å². The van der Waals surface area contributed by atoms with Crippen LogP contribution in [0, 0.1) is 6.92 Å². The summed E-state index contributed by atoms with van der Waals surface area (Å²) in [7, 11) is 1.81. The fraction of sp³-hybridized carbons (Fsp3) is 0.600. The van der Waals surface area contributed by atoms with Crippen molar-refractivity contribution in [3.05, 3.63) is 35.4 Å². The third-order valence-corrected chi connectivity index (χ3v) is 6.54. The first kappa shape index (κ1) is 19.4. The molecule has 8 heteroatoms. The van der Waals surface area contributed by atoms with Crippen LogP contribution in [0.15, 0.2) is 23.6 Å². The Labute approximate surface area is 169 Å². The summed E-state index contributed by atoms with van der Waals surface area (Å²) >= 11 is 1.67. The van der Waals surface area contributed by atoms with Crippen LogP contribution in [0.5, 0.6) is 0 Å². The van der Waals surface area contributed by atoms with Gasteiger partial charge in [-0.15, -0.1) is 0 Å². The average Bonchev–Trinajstić information content (AvgIpc) is 3.38. The molecule has 4 rings (SSSR count). The molecule has 0 N–H and O–H groups in total. The van der Waals surface area contributed by atoms with Crippen LogP contribution in [0.25, 0.3) is 0 Å². The highest BCUT2D eigenvalue weighted by atomic mass is 32.2. The predicted molar refractivity (Wildman–Crippen MR) is 108 cm³/mol. The fourth-order valence-electron chi connectivity index (χ4n) is 3.99. The first-order valence-corrected chi connectivity index (χ1v) is 11.0. The van der Waals surface area contributed by atoms with E-state index in [1.165, 1.54) is 0 Å². The third kappa shape index (κ3) is 4.22. The highest BCUT2D eigenvalue weighted by molar-refractivity contribution is 7.99. The van der Waals surface area contributed by atoms with E-state index in [1.807, 2.05) is 11.1 Å². The number of carbonyl (C=O) groups is 1. The van der Waals surface area contributed by atoms with Crippen LogP contribution >= 0.6 is 11.8 Å². The van der Waals surface area contributed by atoms with E-state index >= 15 is 0 Å². The number of rotatable bonds is 5. The molecule has 0 bridgehead atoms.